The first-order chi connectivity index (χ1) is 13.3. The van der Waals surface area contributed by atoms with Crippen LogP contribution >= 0.6 is 0 Å². The van der Waals surface area contributed by atoms with E-state index in [1.807, 2.05) is 0 Å². The van der Waals surface area contributed by atoms with Crippen LogP contribution in [0, 0.1) is 0 Å². The Bertz CT molecular complexity index is 784. The van der Waals surface area contributed by atoms with Gasteiger partial charge in [0.2, 0.25) is 6.79 Å². The van der Waals surface area contributed by atoms with Gasteiger partial charge in [-0.15, -0.1) is 0 Å². The zero-order valence-corrected chi connectivity index (χ0v) is 14.9. The van der Waals surface area contributed by atoms with Gasteiger partial charge in [0.1, 0.15) is 18.1 Å². The van der Waals surface area contributed by atoms with E-state index in [2.05, 4.69) is 10.2 Å². The standard InChI is InChI=1S/C19H22N2O6/c22-19(20-5-6-21-7-9-23-10-8-21)17-4-2-15(27-17)12-24-14-1-3-16-18(11-14)26-13-25-16/h1-4,11H,5-10,12-13H2,(H,20,22). The molecule has 0 bridgehead atoms. The van der Waals surface area contributed by atoms with Gasteiger partial charge in [-0.2, -0.15) is 0 Å². The molecule has 0 radical (unpaired) electrons. The van der Waals surface area contributed by atoms with Crippen molar-refractivity contribution in [1.29, 1.82) is 0 Å². The number of fused-ring (bicyclic) bond motifs is 1. The lowest BCUT2D eigenvalue weighted by atomic mass is 10.3. The Labute approximate surface area is 156 Å². The number of nitrogens with one attached hydrogen (secondary N) is 1. The summed E-state index contributed by atoms with van der Waals surface area (Å²) in [5.74, 6) is 2.64. The van der Waals surface area contributed by atoms with E-state index in [0.717, 1.165) is 32.8 Å². The first-order valence-corrected chi connectivity index (χ1v) is 8.97. The Balaban J connectivity index is 1.23. The summed E-state index contributed by atoms with van der Waals surface area (Å²) in [6, 6.07) is 8.76. The fourth-order valence-corrected chi connectivity index (χ4v) is 2.94. The van der Waals surface area contributed by atoms with E-state index in [9.17, 15) is 4.79 Å². The molecule has 1 fully saturated rings. The third kappa shape index (κ3) is 4.53. The van der Waals surface area contributed by atoms with Crippen molar-refractivity contribution in [1.82, 2.24) is 10.2 Å². The molecule has 2 aliphatic rings. The SMILES string of the molecule is O=C(NCCN1CCOCC1)c1ccc(COc2ccc3c(c2)OCO3)o1. The van der Waals surface area contributed by atoms with Crippen LogP contribution in [-0.2, 0) is 11.3 Å². The molecule has 27 heavy (non-hydrogen) atoms. The molecule has 3 heterocycles. The van der Waals surface area contributed by atoms with Gasteiger partial charge in [-0.1, -0.05) is 0 Å². The summed E-state index contributed by atoms with van der Waals surface area (Å²) >= 11 is 0. The monoisotopic (exact) mass is 374 g/mol. The zero-order valence-electron chi connectivity index (χ0n) is 14.9. The first kappa shape index (κ1) is 17.7. The largest absolute Gasteiger partial charge is 0.486 e. The summed E-state index contributed by atoms with van der Waals surface area (Å²) in [5, 5.41) is 2.88. The van der Waals surface area contributed by atoms with Gasteiger partial charge in [-0.3, -0.25) is 9.69 Å². The van der Waals surface area contributed by atoms with Crippen molar-refractivity contribution in [3.8, 4) is 17.2 Å². The number of rotatable bonds is 7. The van der Waals surface area contributed by atoms with E-state index in [-0.39, 0.29) is 25.1 Å². The minimum Gasteiger partial charge on any atom is -0.486 e. The molecule has 8 nitrogen and oxygen atoms in total. The van der Waals surface area contributed by atoms with Crippen molar-refractivity contribution in [2.24, 2.45) is 0 Å². The Morgan fingerprint density at radius 1 is 1.11 bits per heavy atom. The van der Waals surface area contributed by atoms with Crippen LogP contribution in [0.3, 0.4) is 0 Å². The number of carbonyl (C=O) groups is 1. The number of ether oxygens (including phenoxy) is 4. The average Bonchev–Trinajstić information content (AvgIpc) is 3.36. The average molecular weight is 374 g/mol. The molecule has 0 spiro atoms. The Morgan fingerprint density at radius 3 is 2.85 bits per heavy atom. The van der Waals surface area contributed by atoms with Gasteiger partial charge in [0.25, 0.3) is 5.91 Å². The Hall–Kier alpha value is -2.71. The normalized spacial score (nSPS) is 16.3. The molecule has 0 aliphatic carbocycles. The number of morpholine rings is 1. The second-order valence-electron chi connectivity index (χ2n) is 6.28. The molecule has 1 aromatic heterocycles. The highest BCUT2D eigenvalue weighted by Crippen LogP contribution is 2.35. The predicted octanol–water partition coefficient (Wildman–Crippen LogP) is 1.65. The molecule has 2 aliphatic heterocycles. The molecule has 8 heteroatoms. The summed E-state index contributed by atoms with van der Waals surface area (Å²) < 4.78 is 27.2. The van der Waals surface area contributed by atoms with Gasteiger partial charge in [0.05, 0.1) is 13.2 Å². The van der Waals surface area contributed by atoms with Crippen LogP contribution in [0.15, 0.2) is 34.7 Å². The smallest absolute Gasteiger partial charge is 0.287 e. The molecule has 144 valence electrons. The highest BCUT2D eigenvalue weighted by Gasteiger charge is 2.15. The van der Waals surface area contributed by atoms with Crippen LogP contribution in [0.25, 0.3) is 0 Å². The molecule has 1 amide bonds. The molecular weight excluding hydrogens is 352 g/mol. The van der Waals surface area contributed by atoms with E-state index in [1.165, 1.54) is 0 Å². The van der Waals surface area contributed by atoms with Gasteiger partial charge >= 0.3 is 0 Å². The van der Waals surface area contributed by atoms with Crippen molar-refractivity contribution in [3.63, 3.8) is 0 Å². The molecule has 0 unspecified atom stereocenters. The van der Waals surface area contributed by atoms with E-state index >= 15 is 0 Å². The molecule has 4 rings (SSSR count). The van der Waals surface area contributed by atoms with Gasteiger partial charge in [-0.25, -0.2) is 0 Å². The molecule has 1 aromatic carbocycles. The summed E-state index contributed by atoms with van der Waals surface area (Å²) in [7, 11) is 0. The van der Waals surface area contributed by atoms with Crippen LogP contribution in [0.4, 0.5) is 0 Å². The van der Waals surface area contributed by atoms with Crippen LogP contribution in [0.2, 0.25) is 0 Å². The number of nitrogens with zero attached hydrogens (tertiary/aromatic N) is 1. The van der Waals surface area contributed by atoms with Crippen LogP contribution in [0.5, 0.6) is 17.2 Å². The van der Waals surface area contributed by atoms with E-state index < -0.39 is 0 Å². The highest BCUT2D eigenvalue weighted by molar-refractivity contribution is 5.91. The van der Waals surface area contributed by atoms with Crippen molar-refractivity contribution in [3.05, 3.63) is 41.9 Å². The third-order valence-electron chi connectivity index (χ3n) is 4.43. The fourth-order valence-electron chi connectivity index (χ4n) is 2.94. The lowest BCUT2D eigenvalue weighted by molar-refractivity contribution is 0.0382. The number of benzene rings is 1. The maximum absolute atomic E-state index is 12.2. The lowest BCUT2D eigenvalue weighted by Crippen LogP contribution is -2.41. The van der Waals surface area contributed by atoms with Gasteiger partial charge in [0.15, 0.2) is 17.3 Å². The second kappa shape index (κ2) is 8.32. The molecule has 1 N–H and O–H groups in total. The van der Waals surface area contributed by atoms with Crippen LogP contribution < -0.4 is 19.5 Å². The summed E-state index contributed by atoms with van der Waals surface area (Å²) in [4.78, 5) is 14.4. The Kier molecular flexibility index (Phi) is 5.45. The van der Waals surface area contributed by atoms with Crippen LogP contribution in [-0.4, -0.2) is 57.0 Å². The Morgan fingerprint density at radius 2 is 1.96 bits per heavy atom. The van der Waals surface area contributed by atoms with Crippen molar-refractivity contribution in [2.75, 3.05) is 46.2 Å². The molecule has 0 atom stereocenters. The number of hydrogen-bond donors (Lipinski definition) is 1. The summed E-state index contributed by atoms with van der Waals surface area (Å²) in [5.41, 5.74) is 0. The summed E-state index contributed by atoms with van der Waals surface area (Å²) in [6.45, 7) is 5.12. The highest BCUT2D eigenvalue weighted by atomic mass is 16.7. The fraction of sp³-hybridized carbons (Fsp3) is 0.421. The quantitative estimate of drug-likeness (QED) is 0.789. The molecule has 2 aromatic rings. The molecule has 0 saturated carbocycles. The summed E-state index contributed by atoms with van der Waals surface area (Å²) in [6.07, 6.45) is 0. The first-order valence-electron chi connectivity index (χ1n) is 8.97. The van der Waals surface area contributed by atoms with Crippen molar-refractivity contribution >= 4 is 5.91 Å². The van der Waals surface area contributed by atoms with Gasteiger partial charge in [-0.05, 0) is 24.3 Å². The maximum atomic E-state index is 12.2. The topological polar surface area (TPSA) is 82.4 Å². The van der Waals surface area contributed by atoms with Crippen molar-refractivity contribution in [2.45, 2.75) is 6.61 Å². The minimum absolute atomic E-state index is 0.223. The maximum Gasteiger partial charge on any atom is 0.287 e. The zero-order chi connectivity index (χ0) is 18.5. The predicted molar refractivity (Wildman–Crippen MR) is 95.2 cm³/mol. The number of furan rings is 1. The van der Waals surface area contributed by atoms with Gasteiger partial charge < -0.3 is 28.7 Å². The molecular formula is C19H22N2O6. The third-order valence-corrected chi connectivity index (χ3v) is 4.43. The number of amides is 1. The number of hydrogen-bond acceptors (Lipinski definition) is 7. The minimum atomic E-state index is -0.224. The van der Waals surface area contributed by atoms with Crippen LogP contribution in [0.1, 0.15) is 16.3 Å². The second-order valence-corrected chi connectivity index (χ2v) is 6.28. The molecule has 1 saturated heterocycles. The lowest BCUT2D eigenvalue weighted by Gasteiger charge is -2.26. The number of carbonyl (C=O) groups excluding carboxylic acids is 1. The van der Waals surface area contributed by atoms with E-state index in [0.29, 0.717) is 29.6 Å². The van der Waals surface area contributed by atoms with E-state index in [1.54, 1.807) is 30.3 Å². The van der Waals surface area contributed by atoms with Gasteiger partial charge in [0, 0.05) is 32.2 Å². The van der Waals surface area contributed by atoms with E-state index in [4.69, 9.17) is 23.4 Å². The van der Waals surface area contributed by atoms with Crippen molar-refractivity contribution < 1.29 is 28.2 Å².